The number of carbonyl (C=O) groups excluding carboxylic acids is 1. The zero-order valence-corrected chi connectivity index (χ0v) is 10.7. The molecule has 106 valence electrons. The molecule has 1 atom stereocenters. The van der Waals surface area contributed by atoms with Crippen LogP contribution < -0.4 is 11.1 Å². The SMILES string of the molecule is Nc1n[nH]c(CNC(=O)COC[C@@H]2CCCCO2)n1. The lowest BCUT2D eigenvalue weighted by molar-refractivity contribution is -0.128. The van der Waals surface area contributed by atoms with Crippen LogP contribution in [0.3, 0.4) is 0 Å². The number of hydrogen-bond donors (Lipinski definition) is 3. The summed E-state index contributed by atoms with van der Waals surface area (Å²) in [5.41, 5.74) is 5.34. The summed E-state index contributed by atoms with van der Waals surface area (Å²) < 4.78 is 10.8. The van der Waals surface area contributed by atoms with E-state index in [1.165, 1.54) is 0 Å². The first-order valence-corrected chi connectivity index (χ1v) is 6.37. The predicted molar refractivity (Wildman–Crippen MR) is 67.1 cm³/mol. The molecule has 1 fully saturated rings. The summed E-state index contributed by atoms with van der Waals surface area (Å²) in [5.74, 6) is 0.474. The normalized spacial score (nSPS) is 19.3. The summed E-state index contributed by atoms with van der Waals surface area (Å²) >= 11 is 0. The number of rotatable bonds is 6. The molecule has 19 heavy (non-hydrogen) atoms. The number of H-pyrrole nitrogens is 1. The highest BCUT2D eigenvalue weighted by Crippen LogP contribution is 2.12. The van der Waals surface area contributed by atoms with Crippen LogP contribution in [0.5, 0.6) is 0 Å². The molecule has 1 aliphatic rings. The van der Waals surface area contributed by atoms with Gasteiger partial charge in [0.05, 0.1) is 19.3 Å². The predicted octanol–water partition coefficient (Wildman–Crippen LogP) is -0.411. The highest BCUT2D eigenvalue weighted by molar-refractivity contribution is 5.77. The van der Waals surface area contributed by atoms with Gasteiger partial charge in [-0.2, -0.15) is 4.98 Å². The van der Waals surface area contributed by atoms with Crippen molar-refractivity contribution in [3.05, 3.63) is 5.82 Å². The van der Waals surface area contributed by atoms with Gasteiger partial charge in [-0.1, -0.05) is 0 Å². The van der Waals surface area contributed by atoms with Crippen molar-refractivity contribution >= 4 is 11.9 Å². The first-order valence-electron chi connectivity index (χ1n) is 6.37. The molecule has 2 rings (SSSR count). The topological polar surface area (TPSA) is 115 Å². The summed E-state index contributed by atoms with van der Waals surface area (Å²) in [5, 5.41) is 8.92. The highest BCUT2D eigenvalue weighted by atomic mass is 16.5. The average molecular weight is 269 g/mol. The molecule has 0 radical (unpaired) electrons. The molecule has 0 spiro atoms. The fraction of sp³-hybridized carbons (Fsp3) is 0.727. The van der Waals surface area contributed by atoms with Crippen LogP contribution >= 0.6 is 0 Å². The Bertz CT molecular complexity index is 403. The molecule has 1 aromatic heterocycles. The van der Waals surface area contributed by atoms with Crippen molar-refractivity contribution in [2.45, 2.75) is 31.9 Å². The first-order chi connectivity index (χ1) is 9.24. The van der Waals surface area contributed by atoms with Crippen LogP contribution in [-0.4, -0.2) is 47.0 Å². The van der Waals surface area contributed by atoms with Crippen LogP contribution in [0.1, 0.15) is 25.1 Å². The largest absolute Gasteiger partial charge is 0.376 e. The quantitative estimate of drug-likeness (QED) is 0.646. The second-order valence-corrected chi connectivity index (χ2v) is 4.42. The monoisotopic (exact) mass is 269 g/mol. The summed E-state index contributed by atoms with van der Waals surface area (Å²) in [6, 6.07) is 0. The van der Waals surface area contributed by atoms with Gasteiger partial charge in [0.15, 0.2) is 0 Å². The van der Waals surface area contributed by atoms with Crippen LogP contribution in [0.2, 0.25) is 0 Å². The Morgan fingerprint density at radius 2 is 2.47 bits per heavy atom. The molecule has 1 aliphatic heterocycles. The Morgan fingerprint density at radius 1 is 1.58 bits per heavy atom. The van der Waals surface area contributed by atoms with Gasteiger partial charge in [0.2, 0.25) is 11.9 Å². The molecule has 2 heterocycles. The average Bonchev–Trinajstić information content (AvgIpc) is 2.83. The maximum Gasteiger partial charge on any atom is 0.246 e. The number of ether oxygens (including phenoxy) is 2. The van der Waals surface area contributed by atoms with Gasteiger partial charge in [0, 0.05) is 6.61 Å². The van der Waals surface area contributed by atoms with Crippen molar-refractivity contribution in [3.8, 4) is 0 Å². The van der Waals surface area contributed by atoms with Gasteiger partial charge in [-0.3, -0.25) is 9.89 Å². The van der Waals surface area contributed by atoms with E-state index < -0.39 is 0 Å². The van der Waals surface area contributed by atoms with Gasteiger partial charge < -0.3 is 20.5 Å². The zero-order chi connectivity index (χ0) is 13.5. The van der Waals surface area contributed by atoms with Crippen molar-refractivity contribution in [1.82, 2.24) is 20.5 Å². The lowest BCUT2D eigenvalue weighted by atomic mass is 10.1. The Morgan fingerprint density at radius 3 is 3.16 bits per heavy atom. The van der Waals surface area contributed by atoms with Gasteiger partial charge in [-0.05, 0) is 19.3 Å². The third-order valence-corrected chi connectivity index (χ3v) is 2.81. The highest BCUT2D eigenvalue weighted by Gasteiger charge is 2.14. The molecule has 4 N–H and O–H groups in total. The molecule has 0 saturated carbocycles. The Balaban J connectivity index is 1.56. The third-order valence-electron chi connectivity index (χ3n) is 2.81. The van der Waals surface area contributed by atoms with E-state index in [1.54, 1.807) is 0 Å². The molecule has 1 aromatic rings. The number of nitrogens with two attached hydrogens (primary N) is 1. The lowest BCUT2D eigenvalue weighted by Gasteiger charge is -2.22. The fourth-order valence-electron chi connectivity index (χ4n) is 1.84. The molecule has 1 amide bonds. The molecule has 0 unspecified atom stereocenters. The number of anilines is 1. The van der Waals surface area contributed by atoms with Crippen LogP contribution in [0.25, 0.3) is 0 Å². The van der Waals surface area contributed by atoms with E-state index in [4.69, 9.17) is 15.2 Å². The van der Waals surface area contributed by atoms with Crippen molar-refractivity contribution in [2.24, 2.45) is 0 Å². The number of aromatic amines is 1. The molecule has 8 nitrogen and oxygen atoms in total. The maximum absolute atomic E-state index is 11.5. The number of nitrogens with zero attached hydrogens (tertiary/aromatic N) is 2. The van der Waals surface area contributed by atoms with E-state index in [-0.39, 0.29) is 31.1 Å². The number of nitrogens with one attached hydrogen (secondary N) is 2. The van der Waals surface area contributed by atoms with E-state index in [1.807, 2.05) is 0 Å². The van der Waals surface area contributed by atoms with E-state index in [9.17, 15) is 4.79 Å². The Kier molecular flexibility index (Phi) is 5.10. The minimum absolute atomic E-state index is 0.0173. The number of hydrogen-bond acceptors (Lipinski definition) is 6. The zero-order valence-electron chi connectivity index (χ0n) is 10.7. The Hall–Kier alpha value is -1.67. The molecule has 8 heteroatoms. The van der Waals surface area contributed by atoms with Crippen molar-refractivity contribution in [2.75, 3.05) is 25.6 Å². The molecule has 0 aromatic carbocycles. The van der Waals surface area contributed by atoms with Crippen LogP contribution in [0.4, 0.5) is 5.95 Å². The summed E-state index contributed by atoms with van der Waals surface area (Å²) in [6.45, 7) is 1.52. The molecular formula is C11H19N5O3. The minimum Gasteiger partial charge on any atom is -0.376 e. The summed E-state index contributed by atoms with van der Waals surface area (Å²) in [7, 11) is 0. The summed E-state index contributed by atoms with van der Waals surface area (Å²) in [6.07, 6.45) is 3.39. The van der Waals surface area contributed by atoms with Gasteiger partial charge in [-0.25, -0.2) is 0 Å². The van der Waals surface area contributed by atoms with Gasteiger partial charge in [-0.15, -0.1) is 5.10 Å². The Labute approximate surface area is 111 Å². The number of amides is 1. The van der Waals surface area contributed by atoms with E-state index in [2.05, 4.69) is 20.5 Å². The van der Waals surface area contributed by atoms with E-state index >= 15 is 0 Å². The van der Waals surface area contributed by atoms with Crippen LogP contribution in [-0.2, 0) is 20.8 Å². The van der Waals surface area contributed by atoms with Gasteiger partial charge >= 0.3 is 0 Å². The van der Waals surface area contributed by atoms with E-state index in [0.29, 0.717) is 12.4 Å². The standard InChI is InChI=1S/C11H19N5O3/c12-11-14-9(15-16-11)5-13-10(17)7-18-6-8-3-1-2-4-19-8/h8H,1-7H2,(H,13,17)(H3,12,14,15,16)/t8-/m0/s1. The smallest absolute Gasteiger partial charge is 0.246 e. The molecule has 1 saturated heterocycles. The first kappa shape index (κ1) is 13.8. The van der Waals surface area contributed by atoms with Gasteiger partial charge in [0.1, 0.15) is 12.4 Å². The maximum atomic E-state index is 11.5. The van der Waals surface area contributed by atoms with Crippen molar-refractivity contribution < 1.29 is 14.3 Å². The number of aromatic nitrogens is 3. The van der Waals surface area contributed by atoms with Crippen molar-refractivity contribution in [3.63, 3.8) is 0 Å². The molecular weight excluding hydrogens is 250 g/mol. The summed E-state index contributed by atoms with van der Waals surface area (Å²) in [4.78, 5) is 15.4. The number of nitrogen functional groups attached to an aromatic ring is 1. The van der Waals surface area contributed by atoms with Crippen molar-refractivity contribution in [1.29, 1.82) is 0 Å². The second kappa shape index (κ2) is 7.05. The molecule has 0 aliphatic carbocycles. The van der Waals surface area contributed by atoms with Gasteiger partial charge in [0.25, 0.3) is 0 Å². The molecule has 0 bridgehead atoms. The van der Waals surface area contributed by atoms with E-state index in [0.717, 1.165) is 25.9 Å². The minimum atomic E-state index is -0.203. The lowest BCUT2D eigenvalue weighted by Crippen LogP contribution is -2.30. The third kappa shape index (κ3) is 4.84. The second-order valence-electron chi connectivity index (χ2n) is 4.42. The van der Waals surface area contributed by atoms with Crippen LogP contribution in [0.15, 0.2) is 0 Å². The number of carbonyl (C=O) groups is 1. The fourth-order valence-corrected chi connectivity index (χ4v) is 1.84. The van der Waals surface area contributed by atoms with Crippen LogP contribution in [0, 0.1) is 0 Å².